The van der Waals surface area contributed by atoms with Gasteiger partial charge in [-0.2, -0.15) is 0 Å². The normalized spacial score (nSPS) is 10.4. The molecule has 1 rings (SSSR count). The van der Waals surface area contributed by atoms with E-state index in [4.69, 9.17) is 5.73 Å². The summed E-state index contributed by atoms with van der Waals surface area (Å²) in [5, 5.41) is 3.03. The highest BCUT2D eigenvalue weighted by Gasteiger charge is 2.03. The van der Waals surface area contributed by atoms with Crippen LogP contribution in [0, 0.1) is 20.8 Å². The number of nitrogens with two attached hydrogens (primary N) is 1. The molecule has 0 saturated carbocycles. The van der Waals surface area contributed by atoms with E-state index >= 15 is 0 Å². The lowest BCUT2D eigenvalue weighted by molar-refractivity contribution is -0.117. The van der Waals surface area contributed by atoms with E-state index in [1.807, 2.05) is 0 Å². The number of carbonyl (C=O) groups is 1. The first-order chi connectivity index (χ1) is 7.50. The molecule has 3 nitrogen and oxygen atoms in total. The highest BCUT2D eigenvalue weighted by atomic mass is 16.1. The minimum Gasteiger partial charge on any atom is -0.369 e. The van der Waals surface area contributed by atoms with Gasteiger partial charge in [-0.3, -0.25) is 4.79 Å². The monoisotopic (exact) mass is 220 g/mol. The van der Waals surface area contributed by atoms with Gasteiger partial charge in [0.1, 0.15) is 0 Å². The van der Waals surface area contributed by atoms with Gasteiger partial charge in [0.25, 0.3) is 0 Å². The van der Waals surface area contributed by atoms with Gasteiger partial charge in [-0.05, 0) is 50.4 Å². The predicted molar refractivity (Wildman–Crippen MR) is 66.4 cm³/mol. The Morgan fingerprint density at radius 3 is 2.31 bits per heavy atom. The van der Waals surface area contributed by atoms with Crippen molar-refractivity contribution in [3.63, 3.8) is 0 Å². The van der Waals surface area contributed by atoms with Crippen molar-refractivity contribution in [1.29, 1.82) is 0 Å². The van der Waals surface area contributed by atoms with E-state index in [1.165, 1.54) is 22.3 Å². The van der Waals surface area contributed by atoms with Crippen LogP contribution in [0.4, 0.5) is 0 Å². The van der Waals surface area contributed by atoms with Gasteiger partial charge < -0.3 is 11.1 Å². The van der Waals surface area contributed by atoms with Crippen molar-refractivity contribution in [1.82, 2.24) is 5.32 Å². The highest BCUT2D eigenvalue weighted by Crippen LogP contribution is 2.16. The molecule has 0 radical (unpaired) electrons. The maximum Gasteiger partial charge on any atom is 0.231 e. The number of rotatable bonds is 5. The molecule has 88 valence electrons. The molecule has 1 aromatic carbocycles. The van der Waals surface area contributed by atoms with E-state index in [0.717, 1.165) is 13.0 Å². The number of carbonyl (C=O) groups excluding carboxylic acids is 1. The predicted octanol–water partition coefficient (Wildman–Crippen LogP) is 1.23. The lowest BCUT2D eigenvalue weighted by atomic mass is 9.97. The van der Waals surface area contributed by atoms with Gasteiger partial charge in [-0.25, -0.2) is 0 Å². The molecule has 0 spiro atoms. The van der Waals surface area contributed by atoms with E-state index in [-0.39, 0.29) is 12.5 Å². The van der Waals surface area contributed by atoms with E-state index < -0.39 is 0 Å². The van der Waals surface area contributed by atoms with Crippen LogP contribution in [-0.2, 0) is 11.2 Å². The van der Waals surface area contributed by atoms with Crippen LogP contribution in [0.5, 0.6) is 0 Å². The number of hydrogen-bond acceptors (Lipinski definition) is 2. The largest absolute Gasteiger partial charge is 0.369 e. The van der Waals surface area contributed by atoms with Gasteiger partial charge >= 0.3 is 0 Å². The van der Waals surface area contributed by atoms with Gasteiger partial charge in [-0.1, -0.05) is 17.7 Å². The third-order valence-electron chi connectivity index (χ3n) is 2.69. The molecule has 0 aliphatic carbocycles. The summed E-state index contributed by atoms with van der Waals surface area (Å²) in [6.45, 7) is 7.40. The molecule has 0 saturated heterocycles. The Bertz CT molecular complexity index is 363. The molecule has 0 aromatic heterocycles. The molecule has 0 aliphatic rings. The molecule has 0 atom stereocenters. The summed E-state index contributed by atoms with van der Waals surface area (Å²) in [6, 6.07) is 4.38. The van der Waals surface area contributed by atoms with Gasteiger partial charge in [-0.15, -0.1) is 0 Å². The van der Waals surface area contributed by atoms with E-state index in [1.54, 1.807) is 0 Å². The van der Waals surface area contributed by atoms with Crippen molar-refractivity contribution in [2.45, 2.75) is 27.2 Å². The third-order valence-corrected chi connectivity index (χ3v) is 2.69. The standard InChI is InChI=1S/C13H20N2O/c1-9-6-10(2)12(11(3)7-9)4-5-15-8-13(14)16/h6-7,15H,4-5,8H2,1-3H3,(H2,14,16). The van der Waals surface area contributed by atoms with Crippen LogP contribution in [0.1, 0.15) is 22.3 Å². The molecular formula is C13H20N2O. The number of primary amides is 1. The van der Waals surface area contributed by atoms with Crippen molar-refractivity contribution < 1.29 is 4.79 Å². The van der Waals surface area contributed by atoms with Crippen LogP contribution < -0.4 is 11.1 Å². The maximum absolute atomic E-state index is 10.5. The zero-order valence-electron chi connectivity index (χ0n) is 10.3. The zero-order chi connectivity index (χ0) is 12.1. The van der Waals surface area contributed by atoms with Crippen molar-refractivity contribution in [2.24, 2.45) is 5.73 Å². The molecule has 1 aromatic rings. The van der Waals surface area contributed by atoms with Gasteiger partial charge in [0, 0.05) is 0 Å². The molecule has 3 heteroatoms. The molecule has 0 bridgehead atoms. The highest BCUT2D eigenvalue weighted by molar-refractivity contribution is 5.75. The van der Waals surface area contributed by atoms with Crippen LogP contribution in [0.25, 0.3) is 0 Å². The smallest absolute Gasteiger partial charge is 0.231 e. The Morgan fingerprint density at radius 1 is 1.25 bits per heavy atom. The summed E-state index contributed by atoms with van der Waals surface area (Å²) in [4.78, 5) is 10.5. The average Bonchev–Trinajstić information content (AvgIpc) is 2.14. The molecule has 0 fully saturated rings. The minimum absolute atomic E-state index is 0.254. The second-order valence-electron chi connectivity index (χ2n) is 4.27. The van der Waals surface area contributed by atoms with Gasteiger partial charge in [0.2, 0.25) is 5.91 Å². The molecule has 0 aliphatic heterocycles. The number of aryl methyl sites for hydroxylation is 3. The summed E-state index contributed by atoms with van der Waals surface area (Å²) >= 11 is 0. The van der Waals surface area contributed by atoms with Crippen molar-refractivity contribution in [3.8, 4) is 0 Å². The maximum atomic E-state index is 10.5. The first-order valence-corrected chi connectivity index (χ1v) is 5.56. The number of benzene rings is 1. The first kappa shape index (κ1) is 12.7. The Morgan fingerprint density at radius 2 is 1.81 bits per heavy atom. The summed E-state index contributed by atoms with van der Waals surface area (Å²) in [5.74, 6) is -0.308. The van der Waals surface area contributed by atoms with Gasteiger partial charge in [0.15, 0.2) is 0 Å². The van der Waals surface area contributed by atoms with E-state index in [0.29, 0.717) is 0 Å². The topological polar surface area (TPSA) is 55.1 Å². The number of amides is 1. The Balaban J connectivity index is 2.57. The third kappa shape index (κ3) is 3.66. The van der Waals surface area contributed by atoms with E-state index in [9.17, 15) is 4.79 Å². The molecule has 0 unspecified atom stereocenters. The van der Waals surface area contributed by atoms with Crippen molar-refractivity contribution in [3.05, 3.63) is 34.4 Å². The molecular weight excluding hydrogens is 200 g/mol. The van der Waals surface area contributed by atoms with Crippen LogP contribution in [-0.4, -0.2) is 19.0 Å². The first-order valence-electron chi connectivity index (χ1n) is 5.56. The minimum atomic E-state index is -0.308. The lowest BCUT2D eigenvalue weighted by Gasteiger charge is -2.11. The zero-order valence-corrected chi connectivity index (χ0v) is 10.3. The summed E-state index contributed by atoms with van der Waals surface area (Å²) in [6.07, 6.45) is 0.936. The van der Waals surface area contributed by atoms with Crippen LogP contribution in [0.3, 0.4) is 0 Å². The molecule has 1 amide bonds. The second kappa shape index (κ2) is 5.66. The molecule has 0 heterocycles. The molecule has 16 heavy (non-hydrogen) atoms. The van der Waals surface area contributed by atoms with Gasteiger partial charge in [0.05, 0.1) is 6.54 Å². The Kier molecular flexibility index (Phi) is 4.50. The fourth-order valence-electron chi connectivity index (χ4n) is 2.03. The van der Waals surface area contributed by atoms with Crippen LogP contribution >= 0.6 is 0 Å². The Hall–Kier alpha value is -1.35. The SMILES string of the molecule is Cc1cc(C)c(CCNCC(N)=O)c(C)c1. The number of nitrogens with one attached hydrogen (secondary N) is 1. The van der Waals surface area contributed by atoms with Crippen LogP contribution in [0.2, 0.25) is 0 Å². The Labute approximate surface area is 97.0 Å². The summed E-state index contributed by atoms with van der Waals surface area (Å²) in [7, 11) is 0. The molecule has 3 N–H and O–H groups in total. The van der Waals surface area contributed by atoms with E-state index in [2.05, 4.69) is 38.2 Å². The van der Waals surface area contributed by atoms with Crippen molar-refractivity contribution >= 4 is 5.91 Å². The fourth-order valence-corrected chi connectivity index (χ4v) is 2.03. The quantitative estimate of drug-likeness (QED) is 0.733. The number of hydrogen-bond donors (Lipinski definition) is 2. The average molecular weight is 220 g/mol. The lowest BCUT2D eigenvalue weighted by Crippen LogP contribution is -2.30. The van der Waals surface area contributed by atoms with Crippen LogP contribution in [0.15, 0.2) is 12.1 Å². The summed E-state index contributed by atoms with van der Waals surface area (Å²) < 4.78 is 0. The van der Waals surface area contributed by atoms with Crippen molar-refractivity contribution in [2.75, 3.05) is 13.1 Å². The second-order valence-corrected chi connectivity index (χ2v) is 4.27. The summed E-state index contributed by atoms with van der Waals surface area (Å²) in [5.41, 5.74) is 10.3. The fraction of sp³-hybridized carbons (Fsp3) is 0.462.